The number of benzene rings is 1. The lowest BCUT2D eigenvalue weighted by Gasteiger charge is -2.21. The van der Waals surface area contributed by atoms with Gasteiger partial charge in [0.15, 0.2) is 0 Å². The van der Waals surface area contributed by atoms with Crippen LogP contribution in [0.4, 0.5) is 11.4 Å². The number of pyridine rings is 1. The van der Waals surface area contributed by atoms with E-state index < -0.39 is 0 Å². The van der Waals surface area contributed by atoms with E-state index in [1.54, 1.807) is 7.11 Å². The van der Waals surface area contributed by atoms with E-state index >= 15 is 0 Å². The molecule has 2 N–H and O–H groups in total. The molecule has 19 heavy (non-hydrogen) atoms. The fourth-order valence-electron chi connectivity index (χ4n) is 2.90. The lowest BCUT2D eigenvalue weighted by molar-refractivity contribution is 0.161. The fraction of sp³-hybridized carbons (Fsp3) is 0.400. The number of nitrogens with zero attached hydrogens (tertiary/aromatic N) is 2. The molecule has 1 aromatic heterocycles. The third-order valence-corrected chi connectivity index (χ3v) is 3.86. The largest absolute Gasteiger partial charge is 0.398 e. The number of ether oxygens (including phenoxy) is 1. The normalized spacial score (nSPS) is 19.2. The van der Waals surface area contributed by atoms with Crippen molar-refractivity contribution >= 4 is 22.1 Å². The Bertz CT molecular complexity index is 585. The molecule has 0 spiro atoms. The molecule has 1 fully saturated rings. The number of nitrogens with two attached hydrogens (primary N) is 1. The van der Waals surface area contributed by atoms with Gasteiger partial charge >= 0.3 is 0 Å². The first-order chi connectivity index (χ1) is 9.29. The molecule has 0 saturated carbocycles. The maximum absolute atomic E-state index is 6.02. The predicted molar refractivity (Wildman–Crippen MR) is 78.4 cm³/mol. The molecule has 0 amide bonds. The topological polar surface area (TPSA) is 51.4 Å². The average Bonchev–Trinajstić information content (AvgIpc) is 2.88. The molecule has 1 aliphatic rings. The fourth-order valence-corrected chi connectivity index (χ4v) is 2.90. The van der Waals surface area contributed by atoms with E-state index in [9.17, 15) is 0 Å². The van der Waals surface area contributed by atoms with Gasteiger partial charge in [-0.05, 0) is 24.6 Å². The van der Waals surface area contributed by atoms with E-state index in [4.69, 9.17) is 10.5 Å². The summed E-state index contributed by atoms with van der Waals surface area (Å²) in [6.07, 6.45) is 4.86. The first-order valence-corrected chi connectivity index (χ1v) is 6.65. The highest BCUT2D eigenvalue weighted by Gasteiger charge is 2.23. The van der Waals surface area contributed by atoms with Crippen LogP contribution in [0.3, 0.4) is 0 Å². The highest BCUT2D eigenvalue weighted by Crippen LogP contribution is 2.33. The minimum atomic E-state index is 0.624. The van der Waals surface area contributed by atoms with Crippen LogP contribution >= 0.6 is 0 Å². The minimum absolute atomic E-state index is 0.624. The van der Waals surface area contributed by atoms with Crippen molar-refractivity contribution in [1.82, 2.24) is 4.98 Å². The molecule has 1 saturated heterocycles. The maximum Gasteiger partial charge on any atom is 0.0508 e. The van der Waals surface area contributed by atoms with Crippen LogP contribution in [0.2, 0.25) is 0 Å². The molecule has 0 aliphatic carbocycles. The summed E-state index contributed by atoms with van der Waals surface area (Å²) in [4.78, 5) is 6.59. The Hall–Kier alpha value is -1.81. The molecule has 1 unspecified atom stereocenters. The number of fused-ring (bicyclic) bond motifs is 1. The van der Waals surface area contributed by atoms with Crippen molar-refractivity contribution in [3.05, 3.63) is 30.6 Å². The predicted octanol–water partition coefficient (Wildman–Crippen LogP) is 2.29. The van der Waals surface area contributed by atoms with Crippen molar-refractivity contribution in [3.8, 4) is 0 Å². The number of methoxy groups -OCH3 is 1. The molecule has 1 aromatic carbocycles. The van der Waals surface area contributed by atoms with Crippen molar-refractivity contribution < 1.29 is 4.74 Å². The third-order valence-electron chi connectivity index (χ3n) is 3.86. The van der Waals surface area contributed by atoms with Crippen molar-refractivity contribution in [1.29, 1.82) is 0 Å². The minimum Gasteiger partial charge on any atom is -0.398 e. The molecule has 4 nitrogen and oxygen atoms in total. The molecular formula is C15H19N3O. The van der Waals surface area contributed by atoms with Gasteiger partial charge in [-0.15, -0.1) is 0 Å². The van der Waals surface area contributed by atoms with Crippen molar-refractivity contribution in [2.45, 2.75) is 6.42 Å². The van der Waals surface area contributed by atoms with Crippen LogP contribution in [0.5, 0.6) is 0 Å². The molecule has 2 aromatic rings. The van der Waals surface area contributed by atoms with E-state index in [0.29, 0.717) is 5.92 Å². The summed E-state index contributed by atoms with van der Waals surface area (Å²) in [5.41, 5.74) is 8.07. The van der Waals surface area contributed by atoms with Crippen LogP contribution < -0.4 is 10.6 Å². The Labute approximate surface area is 113 Å². The zero-order valence-electron chi connectivity index (χ0n) is 11.2. The van der Waals surface area contributed by atoms with Gasteiger partial charge in [0.1, 0.15) is 0 Å². The summed E-state index contributed by atoms with van der Waals surface area (Å²) < 4.78 is 5.26. The molecular weight excluding hydrogens is 238 g/mol. The van der Waals surface area contributed by atoms with Gasteiger partial charge in [-0.2, -0.15) is 0 Å². The smallest absolute Gasteiger partial charge is 0.0508 e. The van der Waals surface area contributed by atoms with Crippen LogP contribution in [-0.2, 0) is 4.74 Å². The Balaban J connectivity index is 1.96. The SMILES string of the molecule is COCC1CCN(c2ccc(N)c3cnccc23)C1. The maximum atomic E-state index is 6.02. The van der Waals surface area contributed by atoms with Crippen molar-refractivity contribution in [2.24, 2.45) is 5.92 Å². The third kappa shape index (κ3) is 2.24. The lowest BCUT2D eigenvalue weighted by Crippen LogP contribution is -2.21. The summed E-state index contributed by atoms with van der Waals surface area (Å²) in [5, 5.41) is 2.23. The van der Waals surface area contributed by atoms with Gasteiger partial charge in [0.05, 0.1) is 6.61 Å². The summed E-state index contributed by atoms with van der Waals surface area (Å²) in [7, 11) is 1.77. The van der Waals surface area contributed by atoms with Crippen LogP contribution in [0.25, 0.3) is 10.8 Å². The summed E-state index contributed by atoms with van der Waals surface area (Å²) in [6, 6.07) is 6.14. The van der Waals surface area contributed by atoms with Gasteiger partial charge in [-0.3, -0.25) is 4.98 Å². The van der Waals surface area contributed by atoms with Crippen molar-refractivity contribution in [2.75, 3.05) is 37.4 Å². The van der Waals surface area contributed by atoms with E-state index in [0.717, 1.165) is 30.8 Å². The first kappa shape index (κ1) is 12.2. The van der Waals surface area contributed by atoms with E-state index in [1.165, 1.54) is 17.5 Å². The molecule has 0 bridgehead atoms. The second-order valence-electron chi connectivity index (χ2n) is 5.15. The quantitative estimate of drug-likeness (QED) is 0.857. The van der Waals surface area contributed by atoms with Crippen LogP contribution in [0.15, 0.2) is 30.6 Å². The number of hydrogen-bond donors (Lipinski definition) is 1. The Morgan fingerprint density at radius 1 is 1.37 bits per heavy atom. The lowest BCUT2D eigenvalue weighted by atomic mass is 10.1. The van der Waals surface area contributed by atoms with E-state index in [-0.39, 0.29) is 0 Å². The highest BCUT2D eigenvalue weighted by molar-refractivity contribution is 6.00. The Kier molecular flexibility index (Phi) is 3.25. The monoisotopic (exact) mass is 257 g/mol. The molecule has 0 radical (unpaired) electrons. The van der Waals surface area contributed by atoms with Crippen LogP contribution in [-0.4, -0.2) is 31.8 Å². The van der Waals surface area contributed by atoms with E-state index in [1.807, 2.05) is 24.5 Å². The molecule has 4 heteroatoms. The second-order valence-corrected chi connectivity index (χ2v) is 5.15. The number of hydrogen-bond acceptors (Lipinski definition) is 4. The first-order valence-electron chi connectivity index (χ1n) is 6.65. The summed E-state index contributed by atoms with van der Waals surface area (Å²) >= 11 is 0. The zero-order chi connectivity index (χ0) is 13.2. The molecule has 100 valence electrons. The number of nitrogen functional groups attached to an aromatic ring is 1. The van der Waals surface area contributed by atoms with Gasteiger partial charge in [-0.25, -0.2) is 0 Å². The van der Waals surface area contributed by atoms with Gasteiger partial charge in [-0.1, -0.05) is 0 Å². The molecule has 1 aliphatic heterocycles. The van der Waals surface area contributed by atoms with Crippen LogP contribution in [0, 0.1) is 5.92 Å². The Morgan fingerprint density at radius 3 is 3.11 bits per heavy atom. The number of rotatable bonds is 3. The van der Waals surface area contributed by atoms with E-state index in [2.05, 4.69) is 16.0 Å². The molecule has 3 rings (SSSR count). The zero-order valence-corrected chi connectivity index (χ0v) is 11.2. The molecule has 1 atom stereocenters. The summed E-state index contributed by atoms with van der Waals surface area (Å²) in [5.74, 6) is 0.624. The average molecular weight is 257 g/mol. The van der Waals surface area contributed by atoms with Crippen molar-refractivity contribution in [3.63, 3.8) is 0 Å². The van der Waals surface area contributed by atoms with Gasteiger partial charge in [0.2, 0.25) is 0 Å². The van der Waals surface area contributed by atoms with Gasteiger partial charge in [0.25, 0.3) is 0 Å². The second kappa shape index (κ2) is 5.05. The Morgan fingerprint density at radius 2 is 2.26 bits per heavy atom. The highest BCUT2D eigenvalue weighted by atomic mass is 16.5. The number of anilines is 2. The summed E-state index contributed by atoms with van der Waals surface area (Å²) in [6.45, 7) is 2.97. The number of aromatic nitrogens is 1. The van der Waals surface area contributed by atoms with Gasteiger partial charge in [0, 0.05) is 60.7 Å². The standard InChI is InChI=1S/C15H19N3O/c1-19-10-11-5-7-18(9-11)15-3-2-14(16)13-8-17-6-4-12(13)15/h2-4,6,8,11H,5,7,9-10,16H2,1H3. The van der Waals surface area contributed by atoms with Crippen LogP contribution in [0.1, 0.15) is 6.42 Å². The van der Waals surface area contributed by atoms with Gasteiger partial charge < -0.3 is 15.4 Å². The molecule has 2 heterocycles.